The van der Waals surface area contributed by atoms with Crippen molar-refractivity contribution in [3.05, 3.63) is 33.2 Å². The average Bonchev–Trinajstić information content (AvgIpc) is 2.62. The average molecular weight is 347 g/mol. The number of esters is 1. The van der Waals surface area contributed by atoms with Gasteiger partial charge in [-0.2, -0.15) is 0 Å². The standard InChI is InChI=1S/C19H29N3O3/c1-4-25-18(24)19-7-5-8-20-16(19)6-9-22(12-19)11-15-14(3)17(23)13(2)10-21-15/h10,16,20H,4-9,11-12H2,1-3H3,(H,21,23)/t16-,19+/m1/s1. The minimum atomic E-state index is -0.467. The Morgan fingerprint density at radius 2 is 2.24 bits per heavy atom. The fourth-order valence-corrected chi connectivity index (χ4v) is 4.32. The predicted octanol–water partition coefficient (Wildman–Crippen LogP) is 1.50. The maximum Gasteiger partial charge on any atom is 0.314 e. The summed E-state index contributed by atoms with van der Waals surface area (Å²) in [7, 11) is 0. The van der Waals surface area contributed by atoms with Gasteiger partial charge in [0.2, 0.25) is 0 Å². The molecule has 2 fully saturated rings. The largest absolute Gasteiger partial charge is 0.465 e. The fourth-order valence-electron chi connectivity index (χ4n) is 4.32. The van der Waals surface area contributed by atoms with Gasteiger partial charge >= 0.3 is 5.97 Å². The van der Waals surface area contributed by atoms with Crippen LogP contribution in [0.3, 0.4) is 0 Å². The molecule has 0 aliphatic carbocycles. The van der Waals surface area contributed by atoms with Crippen molar-refractivity contribution in [2.24, 2.45) is 5.41 Å². The van der Waals surface area contributed by atoms with Gasteiger partial charge in [0.1, 0.15) is 0 Å². The highest BCUT2D eigenvalue weighted by atomic mass is 16.5. The summed E-state index contributed by atoms with van der Waals surface area (Å²) >= 11 is 0. The first-order valence-corrected chi connectivity index (χ1v) is 9.28. The Morgan fingerprint density at radius 3 is 3.00 bits per heavy atom. The van der Waals surface area contributed by atoms with E-state index in [-0.39, 0.29) is 17.4 Å². The van der Waals surface area contributed by atoms with Crippen LogP contribution in [-0.2, 0) is 16.1 Å². The molecule has 2 aliphatic rings. The maximum absolute atomic E-state index is 12.8. The second-order valence-corrected chi connectivity index (χ2v) is 7.39. The molecule has 2 atom stereocenters. The number of rotatable bonds is 4. The van der Waals surface area contributed by atoms with Crippen molar-refractivity contribution in [3.63, 3.8) is 0 Å². The molecule has 0 bridgehead atoms. The second-order valence-electron chi connectivity index (χ2n) is 7.39. The summed E-state index contributed by atoms with van der Waals surface area (Å²) < 4.78 is 5.44. The van der Waals surface area contributed by atoms with Crippen LogP contribution in [0.5, 0.6) is 0 Å². The molecule has 0 aromatic carbocycles. The monoisotopic (exact) mass is 347 g/mol. The molecule has 3 heterocycles. The zero-order valence-corrected chi connectivity index (χ0v) is 15.5. The number of hydrogen-bond donors (Lipinski definition) is 2. The number of piperidine rings is 2. The molecule has 1 aromatic heterocycles. The topological polar surface area (TPSA) is 74.4 Å². The molecule has 1 aromatic rings. The van der Waals surface area contributed by atoms with Crippen molar-refractivity contribution in [2.75, 3.05) is 26.2 Å². The van der Waals surface area contributed by atoms with Crippen molar-refractivity contribution in [3.8, 4) is 0 Å². The molecule has 6 heteroatoms. The second kappa shape index (κ2) is 7.30. The Hall–Kier alpha value is -1.66. The smallest absolute Gasteiger partial charge is 0.314 e. The molecule has 2 aliphatic heterocycles. The van der Waals surface area contributed by atoms with E-state index in [1.54, 1.807) is 6.20 Å². The third kappa shape index (κ3) is 3.37. The zero-order valence-electron chi connectivity index (χ0n) is 15.5. The highest BCUT2D eigenvalue weighted by Gasteiger charge is 2.51. The summed E-state index contributed by atoms with van der Waals surface area (Å²) in [6, 6.07) is 0.190. The van der Waals surface area contributed by atoms with Crippen molar-refractivity contribution >= 4 is 5.97 Å². The van der Waals surface area contributed by atoms with Gasteiger partial charge in [0.25, 0.3) is 0 Å². The van der Waals surface area contributed by atoms with Gasteiger partial charge in [-0.15, -0.1) is 0 Å². The van der Waals surface area contributed by atoms with E-state index in [9.17, 15) is 9.59 Å². The molecule has 0 spiro atoms. The molecule has 6 nitrogen and oxygen atoms in total. The molecule has 0 amide bonds. The number of carbonyl (C=O) groups excluding carboxylic acids is 1. The molecule has 2 N–H and O–H groups in total. The number of nitrogens with zero attached hydrogens (tertiary/aromatic N) is 1. The van der Waals surface area contributed by atoms with Crippen LogP contribution in [0.4, 0.5) is 0 Å². The lowest BCUT2D eigenvalue weighted by Gasteiger charge is -2.49. The van der Waals surface area contributed by atoms with E-state index in [2.05, 4.69) is 15.2 Å². The highest BCUT2D eigenvalue weighted by Crippen LogP contribution is 2.39. The van der Waals surface area contributed by atoms with Gasteiger partial charge in [-0.1, -0.05) is 0 Å². The SMILES string of the molecule is CCOC(=O)[C@]12CCCN[C@@H]1CCN(Cc1[nH]cc(C)c(=O)c1C)C2. The van der Waals surface area contributed by atoms with Crippen molar-refractivity contribution in [1.29, 1.82) is 0 Å². The van der Waals surface area contributed by atoms with E-state index in [0.29, 0.717) is 19.7 Å². The van der Waals surface area contributed by atoms with Crippen molar-refractivity contribution in [2.45, 2.75) is 52.6 Å². The first-order chi connectivity index (χ1) is 12.0. The minimum Gasteiger partial charge on any atom is -0.465 e. The number of aryl methyl sites for hydroxylation is 1. The van der Waals surface area contributed by atoms with Crippen LogP contribution in [0, 0.1) is 19.3 Å². The Balaban J connectivity index is 1.82. The zero-order chi connectivity index (χ0) is 18.0. The van der Waals surface area contributed by atoms with E-state index in [1.807, 2.05) is 20.8 Å². The lowest BCUT2D eigenvalue weighted by atomic mass is 9.70. The minimum absolute atomic E-state index is 0.0778. The number of H-pyrrole nitrogens is 1. The number of aromatic nitrogens is 1. The number of aromatic amines is 1. The number of hydrogen-bond acceptors (Lipinski definition) is 5. The summed E-state index contributed by atoms with van der Waals surface area (Å²) in [5.74, 6) is -0.0778. The number of carbonyl (C=O) groups is 1. The van der Waals surface area contributed by atoms with Gasteiger partial charge < -0.3 is 15.0 Å². The van der Waals surface area contributed by atoms with Crippen LogP contribution in [0.2, 0.25) is 0 Å². The van der Waals surface area contributed by atoms with Crippen LogP contribution < -0.4 is 10.7 Å². The number of fused-ring (bicyclic) bond motifs is 1. The van der Waals surface area contributed by atoms with Gasteiger partial charge in [-0.3, -0.25) is 14.5 Å². The quantitative estimate of drug-likeness (QED) is 0.808. The van der Waals surface area contributed by atoms with E-state index >= 15 is 0 Å². The number of ether oxygens (including phenoxy) is 1. The van der Waals surface area contributed by atoms with Gasteiger partial charge in [-0.25, -0.2) is 0 Å². The van der Waals surface area contributed by atoms with Crippen LogP contribution in [0.15, 0.2) is 11.0 Å². The maximum atomic E-state index is 12.8. The van der Waals surface area contributed by atoms with Crippen LogP contribution in [-0.4, -0.2) is 48.1 Å². The highest BCUT2D eigenvalue weighted by molar-refractivity contribution is 5.78. The predicted molar refractivity (Wildman–Crippen MR) is 96.5 cm³/mol. The van der Waals surface area contributed by atoms with Crippen LogP contribution in [0.25, 0.3) is 0 Å². The molecule has 2 saturated heterocycles. The molecule has 0 unspecified atom stereocenters. The van der Waals surface area contributed by atoms with Crippen molar-refractivity contribution < 1.29 is 9.53 Å². The lowest BCUT2D eigenvalue weighted by molar-refractivity contribution is -0.164. The fraction of sp³-hybridized carbons (Fsp3) is 0.684. The normalized spacial score (nSPS) is 26.9. The summed E-state index contributed by atoms with van der Waals surface area (Å²) in [4.78, 5) is 30.5. The Bertz CT molecular complexity index is 700. The van der Waals surface area contributed by atoms with Gasteiger partial charge in [0, 0.05) is 48.7 Å². The first kappa shape index (κ1) is 18.1. The Labute approximate surface area is 148 Å². The van der Waals surface area contributed by atoms with Gasteiger partial charge in [0.15, 0.2) is 5.43 Å². The van der Waals surface area contributed by atoms with Gasteiger partial charge in [0.05, 0.1) is 12.0 Å². The van der Waals surface area contributed by atoms with E-state index in [4.69, 9.17) is 4.74 Å². The van der Waals surface area contributed by atoms with E-state index in [1.165, 1.54) is 0 Å². The number of pyridine rings is 1. The van der Waals surface area contributed by atoms with Crippen LogP contribution in [0.1, 0.15) is 43.0 Å². The number of likely N-dealkylation sites (tertiary alicyclic amines) is 1. The summed E-state index contributed by atoms with van der Waals surface area (Å²) in [6.45, 7) is 9.19. The molecular weight excluding hydrogens is 318 g/mol. The molecule has 25 heavy (non-hydrogen) atoms. The molecular formula is C19H29N3O3. The molecule has 0 radical (unpaired) electrons. The summed E-state index contributed by atoms with van der Waals surface area (Å²) in [5.41, 5.74) is 2.08. The Morgan fingerprint density at radius 1 is 1.44 bits per heavy atom. The summed E-state index contributed by atoms with van der Waals surface area (Å²) in [6.07, 6.45) is 4.56. The molecule has 0 saturated carbocycles. The Kier molecular flexibility index (Phi) is 5.29. The third-order valence-corrected chi connectivity index (χ3v) is 5.78. The van der Waals surface area contributed by atoms with E-state index in [0.717, 1.165) is 49.2 Å². The number of nitrogens with one attached hydrogen (secondary N) is 2. The van der Waals surface area contributed by atoms with Crippen LogP contribution >= 0.6 is 0 Å². The lowest BCUT2D eigenvalue weighted by Crippen LogP contribution is -2.63. The van der Waals surface area contributed by atoms with Crippen molar-refractivity contribution in [1.82, 2.24) is 15.2 Å². The molecule has 3 rings (SSSR count). The van der Waals surface area contributed by atoms with E-state index < -0.39 is 5.41 Å². The summed E-state index contributed by atoms with van der Waals surface area (Å²) in [5, 5.41) is 3.53. The van der Waals surface area contributed by atoms with Gasteiger partial charge in [-0.05, 0) is 46.6 Å². The third-order valence-electron chi connectivity index (χ3n) is 5.78. The first-order valence-electron chi connectivity index (χ1n) is 9.28. The molecule has 138 valence electrons.